The molecule has 3 aromatic rings. The number of aliphatic hydroxyl groups is 1. The van der Waals surface area contributed by atoms with Gasteiger partial charge in [-0.15, -0.1) is 0 Å². The SMILES string of the molecule is COc1ccc(C(=O)Nc2cccc(NC(=O)N[C@H](O)c3cc(OC)c(O)c(OC)c3)c2)cc1. The summed E-state index contributed by atoms with van der Waals surface area (Å²) >= 11 is 0. The molecule has 0 saturated carbocycles. The van der Waals surface area contributed by atoms with E-state index in [-0.39, 0.29) is 28.7 Å². The van der Waals surface area contributed by atoms with Gasteiger partial charge in [-0.1, -0.05) is 6.07 Å². The largest absolute Gasteiger partial charge is 0.502 e. The molecule has 3 rings (SSSR count). The van der Waals surface area contributed by atoms with Crippen molar-refractivity contribution in [1.29, 1.82) is 0 Å². The molecule has 0 aliphatic rings. The Morgan fingerprint density at radius 1 is 0.824 bits per heavy atom. The van der Waals surface area contributed by atoms with Crippen LogP contribution in [-0.2, 0) is 0 Å². The van der Waals surface area contributed by atoms with Gasteiger partial charge >= 0.3 is 6.03 Å². The van der Waals surface area contributed by atoms with Crippen LogP contribution in [-0.4, -0.2) is 43.5 Å². The molecule has 0 aliphatic carbocycles. The topological polar surface area (TPSA) is 138 Å². The summed E-state index contributed by atoms with van der Waals surface area (Å²) < 4.78 is 15.2. The Morgan fingerprint density at radius 2 is 1.41 bits per heavy atom. The van der Waals surface area contributed by atoms with Crippen molar-refractivity contribution in [1.82, 2.24) is 5.32 Å². The Kier molecular flexibility index (Phi) is 7.78. The van der Waals surface area contributed by atoms with Gasteiger partial charge in [0, 0.05) is 22.5 Å². The van der Waals surface area contributed by atoms with E-state index in [1.165, 1.54) is 26.4 Å². The number of aromatic hydroxyl groups is 1. The molecule has 0 saturated heterocycles. The number of carbonyl (C=O) groups excluding carboxylic acids is 2. The van der Waals surface area contributed by atoms with Gasteiger partial charge in [-0.3, -0.25) is 4.79 Å². The zero-order valence-electron chi connectivity index (χ0n) is 18.8. The Bertz CT molecular complexity index is 1140. The summed E-state index contributed by atoms with van der Waals surface area (Å²) in [6.07, 6.45) is -1.42. The summed E-state index contributed by atoms with van der Waals surface area (Å²) in [7, 11) is 4.25. The second-order valence-corrected chi connectivity index (χ2v) is 7.04. The van der Waals surface area contributed by atoms with Crippen LogP contribution in [0.4, 0.5) is 16.2 Å². The van der Waals surface area contributed by atoms with Crippen molar-refractivity contribution in [3.05, 3.63) is 71.8 Å². The van der Waals surface area contributed by atoms with Crippen LogP contribution >= 0.6 is 0 Å². The third-order valence-electron chi connectivity index (χ3n) is 4.82. The van der Waals surface area contributed by atoms with Gasteiger partial charge in [0.2, 0.25) is 5.75 Å². The third kappa shape index (κ3) is 5.87. The van der Waals surface area contributed by atoms with E-state index < -0.39 is 12.3 Å². The van der Waals surface area contributed by atoms with E-state index in [1.54, 1.807) is 55.6 Å². The molecule has 1 atom stereocenters. The van der Waals surface area contributed by atoms with Gasteiger partial charge in [-0.2, -0.15) is 0 Å². The number of anilines is 2. The minimum atomic E-state index is -1.42. The van der Waals surface area contributed by atoms with Crippen LogP contribution in [0.2, 0.25) is 0 Å². The van der Waals surface area contributed by atoms with Crippen LogP contribution < -0.4 is 30.2 Å². The molecule has 178 valence electrons. The monoisotopic (exact) mass is 467 g/mol. The number of phenols is 1. The maximum absolute atomic E-state index is 12.5. The molecule has 0 unspecified atom stereocenters. The van der Waals surface area contributed by atoms with E-state index in [0.717, 1.165) is 0 Å². The number of ether oxygens (including phenoxy) is 3. The summed E-state index contributed by atoms with van der Waals surface area (Å²) in [5, 5.41) is 28.1. The lowest BCUT2D eigenvalue weighted by Crippen LogP contribution is -2.32. The second-order valence-electron chi connectivity index (χ2n) is 7.04. The molecule has 0 heterocycles. The van der Waals surface area contributed by atoms with Crippen molar-refractivity contribution < 1.29 is 34.0 Å². The van der Waals surface area contributed by atoms with Crippen molar-refractivity contribution in [3.8, 4) is 23.0 Å². The van der Waals surface area contributed by atoms with Gasteiger partial charge in [-0.05, 0) is 54.6 Å². The van der Waals surface area contributed by atoms with Crippen LogP contribution in [0, 0.1) is 0 Å². The first-order valence-electron chi connectivity index (χ1n) is 10.1. The van der Waals surface area contributed by atoms with Crippen molar-refractivity contribution in [2.24, 2.45) is 0 Å². The van der Waals surface area contributed by atoms with E-state index in [4.69, 9.17) is 14.2 Å². The van der Waals surface area contributed by atoms with E-state index in [2.05, 4.69) is 16.0 Å². The van der Waals surface area contributed by atoms with Crippen molar-refractivity contribution in [2.75, 3.05) is 32.0 Å². The van der Waals surface area contributed by atoms with Crippen LogP contribution in [0.3, 0.4) is 0 Å². The number of hydrogen-bond acceptors (Lipinski definition) is 7. The van der Waals surface area contributed by atoms with E-state index in [0.29, 0.717) is 22.7 Å². The molecule has 0 aromatic heterocycles. The van der Waals surface area contributed by atoms with Crippen LogP contribution in [0.1, 0.15) is 22.1 Å². The smallest absolute Gasteiger partial charge is 0.321 e. The van der Waals surface area contributed by atoms with Gasteiger partial charge < -0.3 is 40.4 Å². The molecular weight excluding hydrogens is 442 g/mol. The molecule has 34 heavy (non-hydrogen) atoms. The Hall–Kier alpha value is -4.44. The van der Waals surface area contributed by atoms with Gasteiger partial charge in [0.1, 0.15) is 5.75 Å². The number of aliphatic hydroxyl groups excluding tert-OH is 1. The van der Waals surface area contributed by atoms with Gasteiger partial charge in [-0.25, -0.2) is 4.79 Å². The summed E-state index contributed by atoms with van der Waals surface area (Å²) in [4.78, 5) is 24.8. The molecule has 3 amide bonds. The molecule has 0 bridgehead atoms. The summed E-state index contributed by atoms with van der Waals surface area (Å²) in [5.41, 5.74) is 1.53. The quantitative estimate of drug-likeness (QED) is 0.320. The molecule has 10 nitrogen and oxygen atoms in total. The molecule has 5 N–H and O–H groups in total. The maximum atomic E-state index is 12.5. The average Bonchev–Trinajstić information content (AvgIpc) is 2.84. The number of amides is 3. The standard InChI is InChI=1S/C24H25N3O7/c1-32-18-9-7-14(8-10-18)22(29)25-16-5-4-6-17(13-16)26-24(31)27-23(30)15-11-19(33-2)21(28)20(12-15)34-3/h4-13,23,28,30H,1-3H3,(H,25,29)(H2,26,27,31)/t23-/m1/s1. The summed E-state index contributed by atoms with van der Waals surface area (Å²) in [5.74, 6) is 0.251. The first-order chi connectivity index (χ1) is 16.3. The van der Waals surface area contributed by atoms with Gasteiger partial charge in [0.25, 0.3) is 5.91 Å². The fourth-order valence-corrected chi connectivity index (χ4v) is 3.07. The van der Waals surface area contributed by atoms with Crippen molar-refractivity contribution in [3.63, 3.8) is 0 Å². The first-order valence-corrected chi connectivity index (χ1v) is 10.1. The summed E-state index contributed by atoms with van der Waals surface area (Å²) in [6, 6.07) is 15.2. The number of phenolic OH excluding ortho intramolecular Hbond substituents is 1. The number of carbonyl (C=O) groups is 2. The number of rotatable bonds is 8. The molecular formula is C24H25N3O7. The average molecular weight is 467 g/mol. The van der Waals surface area contributed by atoms with Crippen LogP contribution in [0.15, 0.2) is 60.7 Å². The minimum Gasteiger partial charge on any atom is -0.502 e. The van der Waals surface area contributed by atoms with Gasteiger partial charge in [0.15, 0.2) is 17.7 Å². The van der Waals surface area contributed by atoms with Crippen molar-refractivity contribution >= 4 is 23.3 Å². The Labute approximate surface area is 196 Å². The van der Waals surface area contributed by atoms with E-state index >= 15 is 0 Å². The van der Waals surface area contributed by atoms with Crippen LogP contribution in [0.25, 0.3) is 0 Å². The van der Waals surface area contributed by atoms with E-state index in [1.807, 2.05) is 0 Å². The number of methoxy groups -OCH3 is 3. The lowest BCUT2D eigenvalue weighted by molar-refractivity contribution is 0.102. The predicted octanol–water partition coefficient (Wildman–Crippen LogP) is 3.48. The van der Waals surface area contributed by atoms with Crippen molar-refractivity contribution in [2.45, 2.75) is 6.23 Å². The molecule has 3 aromatic carbocycles. The third-order valence-corrected chi connectivity index (χ3v) is 4.82. The highest BCUT2D eigenvalue weighted by molar-refractivity contribution is 6.04. The number of nitrogens with one attached hydrogen (secondary N) is 3. The molecule has 0 fully saturated rings. The second kappa shape index (κ2) is 10.9. The summed E-state index contributed by atoms with van der Waals surface area (Å²) in [6.45, 7) is 0. The predicted molar refractivity (Wildman–Crippen MR) is 126 cm³/mol. The lowest BCUT2D eigenvalue weighted by Gasteiger charge is -2.17. The highest BCUT2D eigenvalue weighted by Gasteiger charge is 2.18. The Balaban J connectivity index is 1.64. The zero-order chi connectivity index (χ0) is 24.7. The normalized spacial score (nSPS) is 11.2. The van der Waals surface area contributed by atoms with E-state index in [9.17, 15) is 19.8 Å². The highest BCUT2D eigenvalue weighted by atomic mass is 16.5. The molecule has 10 heteroatoms. The Morgan fingerprint density at radius 3 is 1.97 bits per heavy atom. The molecule has 0 spiro atoms. The van der Waals surface area contributed by atoms with Gasteiger partial charge in [0.05, 0.1) is 21.3 Å². The highest BCUT2D eigenvalue weighted by Crippen LogP contribution is 2.38. The first kappa shape index (κ1) is 24.2. The number of benzene rings is 3. The fraction of sp³-hybridized carbons (Fsp3) is 0.167. The fourth-order valence-electron chi connectivity index (χ4n) is 3.07. The zero-order valence-corrected chi connectivity index (χ0v) is 18.8. The number of urea groups is 1. The molecule has 0 radical (unpaired) electrons. The number of hydrogen-bond donors (Lipinski definition) is 5. The van der Waals surface area contributed by atoms with Crippen LogP contribution in [0.5, 0.6) is 23.0 Å². The maximum Gasteiger partial charge on any atom is 0.321 e. The minimum absolute atomic E-state index is 0.0795. The molecule has 0 aliphatic heterocycles. The lowest BCUT2D eigenvalue weighted by atomic mass is 10.1.